The molecule has 1 aliphatic heterocycles. The second kappa shape index (κ2) is 12.0. The van der Waals surface area contributed by atoms with Gasteiger partial charge in [-0.3, -0.25) is 0 Å². The lowest BCUT2D eigenvalue weighted by molar-refractivity contribution is 0.146. The number of nitrogens with one attached hydrogen (secondary N) is 1. The minimum atomic E-state index is -3.04. The highest BCUT2D eigenvalue weighted by Crippen LogP contribution is 2.35. The lowest BCUT2D eigenvalue weighted by Gasteiger charge is -2.24. The van der Waals surface area contributed by atoms with Crippen molar-refractivity contribution in [2.24, 2.45) is 0 Å². The van der Waals surface area contributed by atoms with E-state index in [1.165, 1.54) is 12.1 Å². The molecule has 1 aromatic carbocycles. The molecule has 0 spiro atoms. The Balaban J connectivity index is 1.72. The normalized spacial score (nSPS) is 16.6. The predicted octanol–water partition coefficient (Wildman–Crippen LogP) is 5.21. The molecule has 1 fully saturated rings. The van der Waals surface area contributed by atoms with Gasteiger partial charge in [0, 0.05) is 17.8 Å². The Morgan fingerprint density at radius 2 is 1.82 bits per heavy atom. The molecule has 212 valence electrons. The van der Waals surface area contributed by atoms with E-state index in [0.717, 1.165) is 30.3 Å². The monoisotopic (exact) mass is 565 g/mol. The van der Waals surface area contributed by atoms with Gasteiger partial charge in [-0.15, -0.1) is 0 Å². The van der Waals surface area contributed by atoms with E-state index in [2.05, 4.69) is 15.3 Å². The number of alkyl halides is 2. The van der Waals surface area contributed by atoms with Crippen LogP contribution in [0.1, 0.15) is 67.0 Å². The highest BCUT2D eigenvalue weighted by molar-refractivity contribution is 7.91. The highest BCUT2D eigenvalue weighted by Gasteiger charge is 2.27. The minimum Gasteiger partial charge on any atom is -0.463 e. The maximum Gasteiger partial charge on any atom is 0.320 e. The third-order valence-electron chi connectivity index (χ3n) is 6.98. The standard InChI is InChI=1S/C27H34F3N5O3S/c1-16(19-7-5-8-20(23(19)28)24(29)30)31-25-22-15-21(18-9-13-39(36,37)14-10-18)17(2)32-26(22)34-27(33-25)38-12-6-11-35(3)4/h5,7-8,15-16,18,24H,6,9-14H2,1-4H3,(H,31,32,33,34)/t16-/m1/s1. The molecule has 1 atom stereocenters. The number of hydrogen-bond acceptors (Lipinski definition) is 8. The van der Waals surface area contributed by atoms with Crippen molar-refractivity contribution in [3.8, 4) is 6.01 Å². The van der Waals surface area contributed by atoms with Crippen LogP contribution in [0.5, 0.6) is 6.01 Å². The van der Waals surface area contributed by atoms with Crippen molar-refractivity contribution in [1.29, 1.82) is 0 Å². The number of anilines is 1. The van der Waals surface area contributed by atoms with Gasteiger partial charge in [-0.1, -0.05) is 18.2 Å². The molecule has 0 saturated carbocycles. The van der Waals surface area contributed by atoms with Gasteiger partial charge >= 0.3 is 6.01 Å². The predicted molar refractivity (Wildman–Crippen MR) is 145 cm³/mol. The quantitative estimate of drug-likeness (QED) is 0.335. The van der Waals surface area contributed by atoms with Crippen LogP contribution in [-0.4, -0.2) is 67.0 Å². The summed E-state index contributed by atoms with van der Waals surface area (Å²) in [6, 6.07) is 5.21. The highest BCUT2D eigenvalue weighted by atomic mass is 32.2. The smallest absolute Gasteiger partial charge is 0.320 e. The van der Waals surface area contributed by atoms with Crippen molar-refractivity contribution in [3.63, 3.8) is 0 Å². The molecule has 3 heterocycles. The van der Waals surface area contributed by atoms with Crippen molar-refractivity contribution < 1.29 is 26.3 Å². The van der Waals surface area contributed by atoms with E-state index in [9.17, 15) is 21.6 Å². The van der Waals surface area contributed by atoms with Crippen LogP contribution >= 0.6 is 0 Å². The lowest BCUT2D eigenvalue weighted by Crippen LogP contribution is -2.23. The van der Waals surface area contributed by atoms with E-state index in [0.29, 0.717) is 36.3 Å². The number of benzene rings is 1. The van der Waals surface area contributed by atoms with Crippen LogP contribution in [0.25, 0.3) is 11.0 Å². The van der Waals surface area contributed by atoms with Crippen LogP contribution in [0.4, 0.5) is 19.0 Å². The number of ether oxygens (including phenoxy) is 1. The summed E-state index contributed by atoms with van der Waals surface area (Å²) in [7, 11) is 0.889. The number of aromatic nitrogens is 3. The van der Waals surface area contributed by atoms with Crippen LogP contribution in [0.2, 0.25) is 0 Å². The SMILES string of the molecule is Cc1nc2nc(OCCCN(C)C)nc(N[C@H](C)c3cccc(C(F)F)c3F)c2cc1C1CCS(=O)(=O)CC1. The molecule has 4 rings (SSSR count). The number of rotatable bonds is 10. The first-order valence-electron chi connectivity index (χ1n) is 13.0. The summed E-state index contributed by atoms with van der Waals surface area (Å²) in [5.74, 6) is -0.392. The Morgan fingerprint density at radius 1 is 1.13 bits per heavy atom. The fraction of sp³-hybridized carbons (Fsp3) is 0.519. The van der Waals surface area contributed by atoms with E-state index in [1.807, 2.05) is 32.0 Å². The average Bonchev–Trinajstić information content (AvgIpc) is 2.86. The zero-order valence-corrected chi connectivity index (χ0v) is 23.4. The van der Waals surface area contributed by atoms with Crippen LogP contribution < -0.4 is 10.1 Å². The van der Waals surface area contributed by atoms with Gasteiger partial charge in [0.1, 0.15) is 21.5 Å². The van der Waals surface area contributed by atoms with Crippen LogP contribution in [0, 0.1) is 12.7 Å². The molecule has 39 heavy (non-hydrogen) atoms. The van der Waals surface area contributed by atoms with Gasteiger partial charge < -0.3 is 15.0 Å². The van der Waals surface area contributed by atoms with Gasteiger partial charge in [0.15, 0.2) is 5.65 Å². The minimum absolute atomic E-state index is 0.0119. The topological polar surface area (TPSA) is 97.3 Å². The average molecular weight is 566 g/mol. The second-order valence-electron chi connectivity index (χ2n) is 10.2. The largest absolute Gasteiger partial charge is 0.463 e. The van der Waals surface area contributed by atoms with Crippen LogP contribution in [0.15, 0.2) is 24.3 Å². The maximum atomic E-state index is 14.9. The van der Waals surface area contributed by atoms with Gasteiger partial charge in [0.2, 0.25) is 0 Å². The van der Waals surface area contributed by atoms with E-state index in [-0.39, 0.29) is 29.0 Å². The summed E-state index contributed by atoms with van der Waals surface area (Å²) in [6.07, 6.45) is -1.20. The molecule has 1 saturated heterocycles. The molecule has 0 amide bonds. The van der Waals surface area contributed by atoms with Crippen LogP contribution in [0.3, 0.4) is 0 Å². The van der Waals surface area contributed by atoms with E-state index in [1.54, 1.807) is 6.92 Å². The molecular formula is C27H34F3N5O3S. The second-order valence-corrected chi connectivity index (χ2v) is 12.5. The number of hydrogen-bond donors (Lipinski definition) is 1. The van der Waals surface area contributed by atoms with Crippen molar-refractivity contribution in [2.45, 2.75) is 51.5 Å². The zero-order chi connectivity index (χ0) is 28.3. The molecule has 0 radical (unpaired) electrons. The zero-order valence-electron chi connectivity index (χ0n) is 22.5. The number of sulfone groups is 1. The van der Waals surface area contributed by atoms with Gasteiger partial charge in [-0.05, 0) is 64.8 Å². The Kier molecular flexibility index (Phi) is 8.95. The summed E-state index contributed by atoms with van der Waals surface area (Å²) in [6.45, 7) is 4.71. The van der Waals surface area contributed by atoms with E-state index in [4.69, 9.17) is 9.72 Å². The molecule has 8 nitrogen and oxygen atoms in total. The lowest BCUT2D eigenvalue weighted by atomic mass is 9.91. The van der Waals surface area contributed by atoms with Crippen LogP contribution in [-0.2, 0) is 9.84 Å². The Morgan fingerprint density at radius 3 is 2.49 bits per heavy atom. The number of nitrogens with zero attached hydrogens (tertiary/aromatic N) is 4. The Hall–Kier alpha value is -2.99. The third-order valence-corrected chi connectivity index (χ3v) is 8.70. The summed E-state index contributed by atoms with van der Waals surface area (Å²) in [5.41, 5.74) is 1.42. The van der Waals surface area contributed by atoms with E-state index < -0.39 is 33.7 Å². The summed E-state index contributed by atoms with van der Waals surface area (Å²) < 4.78 is 71.3. The fourth-order valence-electron chi connectivity index (χ4n) is 4.83. The van der Waals surface area contributed by atoms with Crippen molar-refractivity contribution >= 4 is 26.7 Å². The number of aryl methyl sites for hydroxylation is 1. The molecule has 0 unspecified atom stereocenters. The van der Waals surface area contributed by atoms with Gasteiger partial charge in [0.05, 0.1) is 35.1 Å². The number of pyridine rings is 1. The number of fused-ring (bicyclic) bond motifs is 1. The maximum absolute atomic E-state index is 14.9. The first kappa shape index (κ1) is 29.0. The van der Waals surface area contributed by atoms with Gasteiger partial charge in [-0.2, -0.15) is 9.97 Å². The molecule has 1 aliphatic rings. The molecule has 0 bridgehead atoms. The summed E-state index contributed by atoms with van der Waals surface area (Å²) in [4.78, 5) is 15.8. The first-order valence-corrected chi connectivity index (χ1v) is 14.8. The first-order chi connectivity index (χ1) is 18.4. The van der Waals surface area contributed by atoms with Crippen molar-refractivity contribution in [3.05, 3.63) is 52.5 Å². The van der Waals surface area contributed by atoms with E-state index >= 15 is 0 Å². The number of halogens is 3. The molecule has 12 heteroatoms. The molecule has 2 aromatic heterocycles. The molecular weight excluding hydrogens is 531 g/mol. The summed E-state index contributed by atoms with van der Waals surface area (Å²) >= 11 is 0. The third kappa shape index (κ3) is 6.96. The molecule has 3 aromatic rings. The van der Waals surface area contributed by atoms with Gasteiger partial charge in [0.25, 0.3) is 6.43 Å². The van der Waals surface area contributed by atoms with Gasteiger partial charge in [-0.25, -0.2) is 26.6 Å². The fourth-order valence-corrected chi connectivity index (χ4v) is 6.32. The molecule has 0 aliphatic carbocycles. The van der Waals surface area contributed by atoms with Crippen molar-refractivity contribution in [2.75, 3.05) is 44.1 Å². The molecule has 1 N–H and O–H groups in total. The summed E-state index contributed by atoms with van der Waals surface area (Å²) in [5, 5.41) is 3.72. The van der Waals surface area contributed by atoms with Crippen molar-refractivity contribution in [1.82, 2.24) is 19.9 Å². The Labute approximate surface area is 226 Å². The Bertz CT molecular complexity index is 1420.